The highest BCUT2D eigenvalue weighted by molar-refractivity contribution is 8.22. The highest BCUT2D eigenvalue weighted by atomic mass is 32.2. The first-order valence-corrected chi connectivity index (χ1v) is 14.8. The Morgan fingerprint density at radius 2 is 1.76 bits per heavy atom. The molecule has 5 rings (SSSR count). The Balaban J connectivity index is 1.18. The van der Waals surface area contributed by atoms with E-state index in [0.29, 0.717) is 6.61 Å². The van der Waals surface area contributed by atoms with Crippen LogP contribution in [0.25, 0.3) is 10.9 Å². The third-order valence-electron chi connectivity index (χ3n) is 7.17. The molecule has 0 N–H and O–H groups in total. The molecule has 1 aromatic carbocycles. The van der Waals surface area contributed by atoms with E-state index in [1.165, 1.54) is 37.9 Å². The fourth-order valence-electron chi connectivity index (χ4n) is 5.04. The number of benzene rings is 1. The number of likely N-dealkylation sites (tertiary alicyclic amines) is 1. The molecule has 2 fully saturated rings. The second-order valence-corrected chi connectivity index (χ2v) is 11.3. The normalized spacial score (nSPS) is 16.6. The lowest BCUT2D eigenvalue weighted by Crippen LogP contribution is -2.48. The lowest BCUT2D eigenvalue weighted by molar-refractivity contribution is 0.203. The zero-order valence-electron chi connectivity index (χ0n) is 22.1. The van der Waals surface area contributed by atoms with Crippen LogP contribution in [-0.2, 0) is 5.75 Å². The van der Waals surface area contributed by atoms with Gasteiger partial charge in [-0.3, -0.25) is 4.98 Å². The maximum atomic E-state index is 6.16. The molecule has 3 aromatic rings. The van der Waals surface area contributed by atoms with E-state index in [4.69, 9.17) is 21.7 Å². The number of pyridine rings is 1. The molecule has 0 bridgehead atoms. The number of piperidine rings is 1. The predicted octanol–water partition coefficient (Wildman–Crippen LogP) is 4.63. The smallest absolute Gasteiger partial charge is 0.163 e. The number of ether oxygens (including phenoxy) is 2. The molecule has 2 aliphatic heterocycles. The third kappa shape index (κ3) is 6.84. The number of hydrogen-bond acceptors (Lipinski definition) is 9. The molecule has 0 amide bonds. The average molecular weight is 553 g/mol. The van der Waals surface area contributed by atoms with Crippen molar-refractivity contribution >= 4 is 45.0 Å². The van der Waals surface area contributed by atoms with Crippen molar-refractivity contribution in [2.75, 3.05) is 64.4 Å². The van der Waals surface area contributed by atoms with E-state index in [9.17, 15) is 0 Å². The van der Waals surface area contributed by atoms with E-state index >= 15 is 0 Å². The first-order chi connectivity index (χ1) is 18.7. The summed E-state index contributed by atoms with van der Waals surface area (Å²) >= 11 is 7.44. The highest BCUT2D eigenvalue weighted by Crippen LogP contribution is 2.35. The first kappa shape index (κ1) is 26.9. The molecule has 10 heteroatoms. The number of methoxy groups -OCH3 is 1. The molecule has 0 radical (unpaired) electrons. The van der Waals surface area contributed by atoms with Gasteiger partial charge in [-0.2, -0.15) is 0 Å². The number of rotatable bonds is 9. The Bertz CT molecular complexity index is 1200. The Labute approximate surface area is 234 Å². The number of nitrogens with zero attached hydrogens (tertiary/aromatic N) is 6. The van der Waals surface area contributed by atoms with Gasteiger partial charge in [-0.25, -0.2) is 9.97 Å². The number of thioether (sulfide) groups is 1. The summed E-state index contributed by atoms with van der Waals surface area (Å²) < 4.78 is 12.8. The number of thiocarbonyl (C=S) groups is 1. The summed E-state index contributed by atoms with van der Waals surface area (Å²) in [5.41, 5.74) is 2.10. The monoisotopic (exact) mass is 552 g/mol. The van der Waals surface area contributed by atoms with E-state index in [-0.39, 0.29) is 0 Å². The van der Waals surface area contributed by atoms with E-state index in [1.54, 1.807) is 25.2 Å². The van der Waals surface area contributed by atoms with Crippen molar-refractivity contribution in [3.8, 4) is 11.5 Å². The molecule has 0 atom stereocenters. The molecule has 38 heavy (non-hydrogen) atoms. The standard InChI is InChI=1S/C28H36N6O2S2/c1-35-25-18-23-24(19-26(25)36-17-5-12-32-10-3-2-4-11-32)30-21-31-27(23)33-13-15-34(16-14-33)28(37)38-20-22-6-8-29-9-7-22/h6-9,18-19,21H,2-5,10-17,20H2,1H3. The van der Waals surface area contributed by atoms with Gasteiger partial charge in [0.15, 0.2) is 11.5 Å². The second kappa shape index (κ2) is 13.4. The first-order valence-electron chi connectivity index (χ1n) is 13.4. The van der Waals surface area contributed by atoms with Crippen molar-refractivity contribution in [3.05, 3.63) is 48.5 Å². The van der Waals surface area contributed by atoms with E-state index in [2.05, 4.69) is 29.7 Å². The molecule has 202 valence electrons. The SMILES string of the molecule is COc1cc2c(N3CCN(C(=S)SCc4ccncc4)CC3)ncnc2cc1OCCCN1CCCCC1. The van der Waals surface area contributed by atoms with Crippen LogP contribution in [-0.4, -0.2) is 88.6 Å². The lowest BCUT2D eigenvalue weighted by atomic mass is 10.1. The maximum absolute atomic E-state index is 6.16. The van der Waals surface area contributed by atoms with Gasteiger partial charge < -0.3 is 24.2 Å². The maximum Gasteiger partial charge on any atom is 0.163 e. The average Bonchev–Trinajstić information content (AvgIpc) is 2.98. The molecule has 2 aromatic heterocycles. The minimum atomic E-state index is 0.664. The summed E-state index contributed by atoms with van der Waals surface area (Å²) in [6, 6.07) is 8.08. The fourth-order valence-corrected chi connectivity index (χ4v) is 6.25. The Morgan fingerprint density at radius 1 is 0.974 bits per heavy atom. The van der Waals surface area contributed by atoms with Gasteiger partial charge in [0.05, 0.1) is 19.2 Å². The summed E-state index contributed by atoms with van der Waals surface area (Å²) in [6.07, 6.45) is 10.3. The molecular formula is C28H36N6O2S2. The van der Waals surface area contributed by atoms with Gasteiger partial charge in [0.1, 0.15) is 16.5 Å². The zero-order chi connectivity index (χ0) is 26.2. The Morgan fingerprint density at radius 3 is 2.53 bits per heavy atom. The molecule has 2 saturated heterocycles. The Kier molecular flexibility index (Phi) is 9.48. The summed E-state index contributed by atoms with van der Waals surface area (Å²) in [5.74, 6) is 3.25. The van der Waals surface area contributed by atoms with Crippen LogP contribution in [0.1, 0.15) is 31.2 Å². The summed E-state index contributed by atoms with van der Waals surface area (Å²) in [5, 5.41) is 0.980. The predicted molar refractivity (Wildman–Crippen MR) is 158 cm³/mol. The van der Waals surface area contributed by atoms with Gasteiger partial charge in [0, 0.05) is 62.3 Å². The van der Waals surface area contributed by atoms with E-state index < -0.39 is 0 Å². The van der Waals surface area contributed by atoms with Gasteiger partial charge in [0.25, 0.3) is 0 Å². The van der Waals surface area contributed by atoms with Crippen molar-refractivity contribution in [3.63, 3.8) is 0 Å². The van der Waals surface area contributed by atoms with Crippen molar-refractivity contribution in [2.45, 2.75) is 31.4 Å². The zero-order valence-corrected chi connectivity index (χ0v) is 23.7. The van der Waals surface area contributed by atoms with Crippen LogP contribution in [0.15, 0.2) is 43.0 Å². The summed E-state index contributed by atoms with van der Waals surface area (Å²) in [4.78, 5) is 20.4. The van der Waals surface area contributed by atoms with Gasteiger partial charge in [-0.1, -0.05) is 30.4 Å². The van der Waals surface area contributed by atoms with Gasteiger partial charge >= 0.3 is 0 Å². The van der Waals surface area contributed by atoms with Crippen molar-refractivity contribution in [2.24, 2.45) is 0 Å². The third-order valence-corrected chi connectivity index (χ3v) is 8.77. The molecular weight excluding hydrogens is 516 g/mol. The summed E-state index contributed by atoms with van der Waals surface area (Å²) in [6.45, 7) is 7.59. The minimum Gasteiger partial charge on any atom is -0.493 e. The lowest BCUT2D eigenvalue weighted by Gasteiger charge is -2.36. The quantitative estimate of drug-likeness (QED) is 0.277. The largest absolute Gasteiger partial charge is 0.493 e. The molecule has 0 saturated carbocycles. The van der Waals surface area contributed by atoms with E-state index in [1.807, 2.05) is 36.7 Å². The van der Waals surface area contributed by atoms with E-state index in [0.717, 1.165) is 77.4 Å². The van der Waals surface area contributed by atoms with Crippen LogP contribution in [0.3, 0.4) is 0 Å². The molecule has 0 spiro atoms. The molecule has 2 aliphatic rings. The van der Waals surface area contributed by atoms with Crippen LogP contribution in [0.4, 0.5) is 5.82 Å². The number of hydrogen-bond donors (Lipinski definition) is 0. The topological polar surface area (TPSA) is 66.8 Å². The van der Waals surface area contributed by atoms with Crippen molar-refractivity contribution in [1.82, 2.24) is 24.8 Å². The van der Waals surface area contributed by atoms with Crippen LogP contribution >= 0.6 is 24.0 Å². The number of anilines is 1. The van der Waals surface area contributed by atoms with Crippen molar-refractivity contribution in [1.29, 1.82) is 0 Å². The van der Waals surface area contributed by atoms with Crippen LogP contribution < -0.4 is 14.4 Å². The summed E-state index contributed by atoms with van der Waals surface area (Å²) in [7, 11) is 1.69. The van der Waals surface area contributed by atoms with Crippen LogP contribution in [0.5, 0.6) is 11.5 Å². The second-order valence-electron chi connectivity index (χ2n) is 9.71. The fraction of sp³-hybridized carbons (Fsp3) is 0.500. The highest BCUT2D eigenvalue weighted by Gasteiger charge is 2.23. The molecule has 4 heterocycles. The van der Waals surface area contributed by atoms with Crippen LogP contribution in [0, 0.1) is 0 Å². The van der Waals surface area contributed by atoms with Gasteiger partial charge in [-0.05, 0) is 56.1 Å². The van der Waals surface area contributed by atoms with Crippen molar-refractivity contribution < 1.29 is 9.47 Å². The van der Waals surface area contributed by atoms with Gasteiger partial charge in [0.2, 0.25) is 0 Å². The molecule has 8 nitrogen and oxygen atoms in total. The van der Waals surface area contributed by atoms with Crippen LogP contribution in [0.2, 0.25) is 0 Å². The Hall–Kier alpha value is -2.69. The number of aromatic nitrogens is 3. The minimum absolute atomic E-state index is 0.664. The number of fused-ring (bicyclic) bond motifs is 1. The molecule has 0 aliphatic carbocycles. The number of piperazine rings is 1. The van der Waals surface area contributed by atoms with Gasteiger partial charge in [-0.15, -0.1) is 0 Å². The molecule has 0 unspecified atom stereocenters.